The summed E-state index contributed by atoms with van der Waals surface area (Å²) in [6, 6.07) is 9.28. The lowest BCUT2D eigenvalue weighted by Gasteiger charge is -2.18. The Morgan fingerprint density at radius 2 is 1.79 bits per heavy atom. The highest BCUT2D eigenvalue weighted by molar-refractivity contribution is 6.88. The summed E-state index contributed by atoms with van der Waals surface area (Å²) in [5, 5.41) is 5.20. The van der Waals surface area contributed by atoms with E-state index in [2.05, 4.69) is 56.1 Å². The third kappa shape index (κ3) is 4.18. The summed E-state index contributed by atoms with van der Waals surface area (Å²) in [5.41, 5.74) is 1.42. The van der Waals surface area contributed by atoms with Crippen LogP contribution in [-0.4, -0.2) is 14.6 Å². The van der Waals surface area contributed by atoms with Gasteiger partial charge in [0, 0.05) is 6.54 Å². The van der Waals surface area contributed by atoms with E-state index >= 15 is 0 Å². The van der Waals surface area contributed by atoms with Gasteiger partial charge in [-0.05, 0) is 30.4 Å². The molecular formula is C17H29NSi. The van der Waals surface area contributed by atoms with Crippen molar-refractivity contribution >= 4 is 13.3 Å². The molecule has 1 aromatic carbocycles. The molecule has 1 nitrogen and oxygen atoms in total. The second-order valence-corrected chi connectivity index (χ2v) is 12.3. The maximum atomic E-state index is 3.64. The molecule has 0 spiro atoms. The highest BCUT2D eigenvalue weighted by atomic mass is 28.3. The normalized spacial score (nSPS) is 23.8. The summed E-state index contributed by atoms with van der Waals surface area (Å²) in [6.07, 6.45) is 4.28. The van der Waals surface area contributed by atoms with E-state index in [1.165, 1.54) is 31.4 Å². The third-order valence-corrected chi connectivity index (χ3v) is 6.66. The molecule has 0 heterocycles. The molecule has 1 N–H and O–H groups in total. The Morgan fingerprint density at radius 1 is 1.11 bits per heavy atom. The lowest BCUT2D eigenvalue weighted by Crippen LogP contribution is -2.37. The Labute approximate surface area is 119 Å². The van der Waals surface area contributed by atoms with Crippen molar-refractivity contribution in [2.24, 2.45) is 11.8 Å². The van der Waals surface area contributed by atoms with Crippen LogP contribution in [0.3, 0.4) is 0 Å². The first-order valence-corrected chi connectivity index (χ1v) is 11.3. The average molecular weight is 276 g/mol. The molecule has 2 heteroatoms. The fourth-order valence-electron chi connectivity index (χ4n) is 3.05. The number of hydrogen-bond acceptors (Lipinski definition) is 1. The van der Waals surface area contributed by atoms with Crippen LogP contribution in [0.2, 0.25) is 19.6 Å². The van der Waals surface area contributed by atoms with Gasteiger partial charge in [0.1, 0.15) is 0 Å². The van der Waals surface area contributed by atoms with Gasteiger partial charge in [0.25, 0.3) is 0 Å². The molecule has 2 atom stereocenters. The van der Waals surface area contributed by atoms with Gasteiger partial charge in [-0.15, -0.1) is 0 Å². The molecule has 0 bridgehead atoms. The summed E-state index contributed by atoms with van der Waals surface area (Å²) in [7, 11) is -1.14. The molecule has 1 saturated carbocycles. The molecule has 2 unspecified atom stereocenters. The molecule has 0 saturated heterocycles. The Morgan fingerprint density at radius 3 is 2.32 bits per heavy atom. The van der Waals surface area contributed by atoms with Crippen LogP contribution in [0, 0.1) is 11.8 Å². The first-order valence-electron chi connectivity index (χ1n) is 7.77. The predicted molar refractivity (Wildman–Crippen MR) is 87.6 cm³/mol. The van der Waals surface area contributed by atoms with E-state index < -0.39 is 8.07 Å². The molecule has 1 aliphatic carbocycles. The second kappa shape index (κ2) is 6.23. The highest BCUT2D eigenvalue weighted by Crippen LogP contribution is 2.30. The van der Waals surface area contributed by atoms with Crippen LogP contribution >= 0.6 is 0 Å². The summed E-state index contributed by atoms with van der Waals surface area (Å²) in [6.45, 7) is 11.8. The zero-order valence-corrected chi connectivity index (χ0v) is 14.0. The lowest BCUT2D eigenvalue weighted by molar-refractivity contribution is 0.392. The monoisotopic (exact) mass is 275 g/mol. The summed E-state index contributed by atoms with van der Waals surface area (Å²) in [5.74, 6) is 1.82. The van der Waals surface area contributed by atoms with E-state index in [9.17, 15) is 0 Å². The van der Waals surface area contributed by atoms with Crippen molar-refractivity contribution in [1.82, 2.24) is 5.32 Å². The Bertz CT molecular complexity index is 391. The maximum absolute atomic E-state index is 3.64. The molecule has 1 fully saturated rings. The van der Waals surface area contributed by atoms with E-state index in [0.717, 1.165) is 18.4 Å². The van der Waals surface area contributed by atoms with Crippen molar-refractivity contribution in [3.8, 4) is 0 Å². The summed E-state index contributed by atoms with van der Waals surface area (Å²) >= 11 is 0. The molecule has 0 aliphatic heterocycles. The van der Waals surface area contributed by atoms with Crippen molar-refractivity contribution in [3.63, 3.8) is 0 Å². The smallest absolute Gasteiger partial charge is 0.0775 e. The van der Waals surface area contributed by atoms with Crippen LogP contribution in [0.4, 0.5) is 0 Å². The second-order valence-electron chi connectivity index (χ2n) is 7.25. The number of benzene rings is 1. The molecule has 106 valence electrons. The SMILES string of the molecule is CC1CCCC1CNCc1ccc([Si](C)(C)C)cc1. The average Bonchev–Trinajstić information content (AvgIpc) is 2.75. The van der Waals surface area contributed by atoms with Crippen molar-refractivity contribution < 1.29 is 0 Å². The van der Waals surface area contributed by atoms with Crippen LogP contribution in [0.1, 0.15) is 31.7 Å². The van der Waals surface area contributed by atoms with E-state index in [1.807, 2.05) is 0 Å². The van der Waals surface area contributed by atoms with Gasteiger partial charge in [-0.3, -0.25) is 0 Å². The van der Waals surface area contributed by atoms with E-state index in [0.29, 0.717) is 0 Å². The third-order valence-electron chi connectivity index (χ3n) is 4.59. The van der Waals surface area contributed by atoms with Gasteiger partial charge in [0.15, 0.2) is 0 Å². The topological polar surface area (TPSA) is 12.0 Å². The molecule has 19 heavy (non-hydrogen) atoms. The van der Waals surface area contributed by atoms with E-state index in [-0.39, 0.29) is 0 Å². The highest BCUT2D eigenvalue weighted by Gasteiger charge is 2.22. The largest absolute Gasteiger partial charge is 0.312 e. The zero-order chi connectivity index (χ0) is 13.9. The minimum atomic E-state index is -1.14. The minimum Gasteiger partial charge on any atom is -0.312 e. The van der Waals surface area contributed by atoms with Gasteiger partial charge < -0.3 is 5.32 Å². The van der Waals surface area contributed by atoms with Crippen molar-refractivity contribution in [2.45, 2.75) is 52.4 Å². The molecule has 0 aromatic heterocycles. The fraction of sp³-hybridized carbons (Fsp3) is 0.647. The van der Waals surface area contributed by atoms with Crippen LogP contribution in [-0.2, 0) is 6.54 Å². The molecule has 1 aliphatic rings. The summed E-state index contributed by atoms with van der Waals surface area (Å²) < 4.78 is 0. The van der Waals surface area contributed by atoms with Crippen LogP contribution < -0.4 is 10.5 Å². The van der Waals surface area contributed by atoms with E-state index in [1.54, 1.807) is 5.19 Å². The zero-order valence-electron chi connectivity index (χ0n) is 13.0. The lowest BCUT2D eigenvalue weighted by atomic mass is 9.98. The minimum absolute atomic E-state index is 0.904. The van der Waals surface area contributed by atoms with Gasteiger partial charge in [0.2, 0.25) is 0 Å². The van der Waals surface area contributed by atoms with Crippen molar-refractivity contribution in [2.75, 3.05) is 6.54 Å². The quantitative estimate of drug-likeness (QED) is 0.807. The first kappa shape index (κ1) is 14.8. The predicted octanol–water partition coefficient (Wildman–Crippen LogP) is 3.76. The number of nitrogens with one attached hydrogen (secondary N) is 1. The van der Waals surface area contributed by atoms with E-state index in [4.69, 9.17) is 0 Å². The summed E-state index contributed by atoms with van der Waals surface area (Å²) in [4.78, 5) is 0. The standard InChI is InChI=1S/C17H29NSi/c1-14-6-5-7-16(14)13-18-12-15-8-10-17(11-9-15)19(2,3)4/h8-11,14,16,18H,5-7,12-13H2,1-4H3. The van der Waals surface area contributed by atoms with Gasteiger partial charge >= 0.3 is 0 Å². The van der Waals surface area contributed by atoms with Crippen molar-refractivity contribution in [3.05, 3.63) is 29.8 Å². The Hall–Kier alpha value is -0.603. The molecule has 2 rings (SSSR count). The van der Waals surface area contributed by atoms with Gasteiger partial charge in [-0.25, -0.2) is 0 Å². The van der Waals surface area contributed by atoms with Gasteiger partial charge in [-0.2, -0.15) is 0 Å². The molecular weight excluding hydrogens is 246 g/mol. The molecule has 0 amide bonds. The van der Waals surface area contributed by atoms with Crippen LogP contribution in [0.15, 0.2) is 24.3 Å². The molecule has 1 aromatic rings. The van der Waals surface area contributed by atoms with Gasteiger partial charge in [0.05, 0.1) is 8.07 Å². The fourth-order valence-corrected chi connectivity index (χ4v) is 4.22. The number of hydrogen-bond donors (Lipinski definition) is 1. The van der Waals surface area contributed by atoms with Gasteiger partial charge in [-0.1, -0.05) is 68.9 Å². The first-order chi connectivity index (χ1) is 8.97. The Kier molecular flexibility index (Phi) is 4.85. The molecule has 0 radical (unpaired) electrons. The number of rotatable bonds is 5. The Balaban J connectivity index is 1.80. The van der Waals surface area contributed by atoms with Crippen LogP contribution in [0.5, 0.6) is 0 Å². The van der Waals surface area contributed by atoms with Crippen LogP contribution in [0.25, 0.3) is 0 Å². The van der Waals surface area contributed by atoms with Crippen molar-refractivity contribution in [1.29, 1.82) is 0 Å². The maximum Gasteiger partial charge on any atom is 0.0775 e.